The number of H-pyrrole nitrogens is 1. The van der Waals surface area contributed by atoms with Crippen LogP contribution in [0.5, 0.6) is 0 Å². The van der Waals surface area contributed by atoms with E-state index in [9.17, 15) is 9.59 Å². The quantitative estimate of drug-likeness (QED) is 0.342. The van der Waals surface area contributed by atoms with Gasteiger partial charge in [-0.3, -0.25) is 13.9 Å². The molecule has 0 saturated heterocycles. The topological polar surface area (TPSA) is 116 Å². The molecule has 10 nitrogen and oxygen atoms in total. The van der Waals surface area contributed by atoms with Crippen LogP contribution in [0.4, 0.5) is 0 Å². The van der Waals surface area contributed by atoms with Crippen molar-refractivity contribution in [2.24, 2.45) is 18.4 Å². The third-order valence-electron chi connectivity index (χ3n) is 6.66. The van der Waals surface area contributed by atoms with Gasteiger partial charge in [0.25, 0.3) is 5.56 Å². The zero-order valence-electron chi connectivity index (χ0n) is 23.3. The Morgan fingerprint density at radius 2 is 1.64 bits per heavy atom. The fourth-order valence-corrected chi connectivity index (χ4v) is 4.89. The highest BCUT2D eigenvalue weighted by molar-refractivity contribution is 5.80. The van der Waals surface area contributed by atoms with Gasteiger partial charge in [0, 0.05) is 32.1 Å². The first-order valence-corrected chi connectivity index (χ1v) is 13.1. The molecule has 0 radical (unpaired) electrons. The molecule has 3 aromatic heterocycles. The second-order valence-corrected chi connectivity index (χ2v) is 11.7. The zero-order valence-corrected chi connectivity index (χ0v) is 23.3. The van der Waals surface area contributed by atoms with Crippen LogP contribution >= 0.6 is 0 Å². The van der Waals surface area contributed by atoms with E-state index in [0.717, 1.165) is 28.1 Å². The van der Waals surface area contributed by atoms with Crippen LogP contribution < -0.4 is 11.2 Å². The summed E-state index contributed by atoms with van der Waals surface area (Å²) in [5.41, 5.74) is 4.13. The summed E-state index contributed by atoms with van der Waals surface area (Å²) in [6.07, 6.45) is 0.664. The van der Waals surface area contributed by atoms with Gasteiger partial charge in [-0.2, -0.15) is 5.21 Å². The fraction of sp³-hybridized carbons (Fsp3) is 0.379. The van der Waals surface area contributed by atoms with Crippen LogP contribution in [-0.2, 0) is 26.6 Å². The van der Waals surface area contributed by atoms with Crippen molar-refractivity contribution in [2.75, 3.05) is 0 Å². The van der Waals surface area contributed by atoms with E-state index in [4.69, 9.17) is 4.98 Å². The monoisotopic (exact) mass is 526 g/mol. The molecule has 0 amide bonds. The van der Waals surface area contributed by atoms with Crippen molar-refractivity contribution in [2.45, 2.75) is 54.1 Å². The molecule has 3 heterocycles. The lowest BCUT2D eigenvalue weighted by Crippen LogP contribution is -2.39. The lowest BCUT2D eigenvalue weighted by atomic mass is 9.92. The van der Waals surface area contributed by atoms with Crippen LogP contribution in [0.2, 0.25) is 0 Å². The van der Waals surface area contributed by atoms with Gasteiger partial charge >= 0.3 is 5.69 Å². The van der Waals surface area contributed by atoms with Crippen molar-refractivity contribution in [3.05, 3.63) is 80.8 Å². The summed E-state index contributed by atoms with van der Waals surface area (Å²) >= 11 is 0. The number of aromatic amines is 1. The SMILES string of the molecule is CC(C)Cn1c(=O)n(C)c(=O)c2c1nc(CC(C)(C)C)n2Cc1ccc(-c2ccccc2-c2nn[nH]n2)cc1. The highest BCUT2D eigenvalue weighted by Crippen LogP contribution is 2.30. The molecular weight excluding hydrogens is 492 g/mol. The van der Waals surface area contributed by atoms with Crippen LogP contribution in [0.1, 0.15) is 46.0 Å². The molecule has 0 aliphatic carbocycles. The Kier molecular flexibility index (Phi) is 6.80. The normalized spacial score (nSPS) is 12.1. The minimum absolute atomic E-state index is 0.0593. The van der Waals surface area contributed by atoms with Crippen LogP contribution in [0.15, 0.2) is 58.1 Å². The molecule has 0 saturated carbocycles. The van der Waals surface area contributed by atoms with Gasteiger partial charge in [-0.05, 0) is 33.2 Å². The lowest BCUT2D eigenvalue weighted by Gasteiger charge is -2.19. The average Bonchev–Trinajstić information content (AvgIpc) is 3.54. The Morgan fingerprint density at radius 1 is 0.949 bits per heavy atom. The van der Waals surface area contributed by atoms with Crippen molar-refractivity contribution in [3.8, 4) is 22.5 Å². The Hall–Kier alpha value is -4.34. The van der Waals surface area contributed by atoms with Crippen molar-refractivity contribution >= 4 is 11.2 Å². The molecule has 0 bridgehead atoms. The fourth-order valence-electron chi connectivity index (χ4n) is 4.89. The number of fused-ring (bicyclic) bond motifs is 1. The third kappa shape index (κ3) is 5.19. The standard InChI is InChI=1S/C29H34N8O2/c1-18(2)16-37-26-24(27(38)35(6)28(37)39)36(23(30-26)15-29(3,4)5)17-19-11-13-20(14-12-19)21-9-7-8-10-22(21)25-31-33-34-32-25/h7-14,18H,15-17H2,1-6H3,(H,31,32,33,34). The second-order valence-electron chi connectivity index (χ2n) is 11.7. The zero-order chi connectivity index (χ0) is 27.9. The molecule has 0 spiro atoms. The summed E-state index contributed by atoms with van der Waals surface area (Å²) in [5, 5.41) is 14.5. The van der Waals surface area contributed by atoms with Gasteiger partial charge in [0.1, 0.15) is 5.82 Å². The number of tetrazole rings is 1. The lowest BCUT2D eigenvalue weighted by molar-refractivity contribution is 0.394. The molecule has 2 aromatic carbocycles. The summed E-state index contributed by atoms with van der Waals surface area (Å²) in [6, 6.07) is 16.2. The Morgan fingerprint density at radius 3 is 2.26 bits per heavy atom. The van der Waals surface area contributed by atoms with Crippen LogP contribution in [0.3, 0.4) is 0 Å². The summed E-state index contributed by atoms with van der Waals surface area (Å²) in [7, 11) is 1.54. The first-order valence-electron chi connectivity index (χ1n) is 13.1. The second kappa shape index (κ2) is 10.1. The van der Waals surface area contributed by atoms with E-state index in [-0.39, 0.29) is 22.6 Å². The molecule has 5 rings (SSSR count). The van der Waals surface area contributed by atoms with Gasteiger partial charge in [0.2, 0.25) is 5.82 Å². The maximum atomic E-state index is 13.4. The van der Waals surface area contributed by atoms with Crippen LogP contribution in [0, 0.1) is 11.3 Å². The van der Waals surface area contributed by atoms with Gasteiger partial charge in [-0.1, -0.05) is 83.1 Å². The Bertz CT molecular complexity index is 1730. The van der Waals surface area contributed by atoms with Crippen LogP contribution in [-0.4, -0.2) is 39.3 Å². The largest absolute Gasteiger partial charge is 0.332 e. The Balaban J connectivity index is 1.60. The highest BCUT2D eigenvalue weighted by Gasteiger charge is 2.24. The van der Waals surface area contributed by atoms with Gasteiger partial charge < -0.3 is 4.57 Å². The number of nitrogens with one attached hydrogen (secondary N) is 1. The first kappa shape index (κ1) is 26.3. The number of benzene rings is 2. The molecule has 0 aliphatic heterocycles. The van der Waals surface area contributed by atoms with E-state index in [0.29, 0.717) is 36.5 Å². The van der Waals surface area contributed by atoms with Crippen LogP contribution in [0.25, 0.3) is 33.7 Å². The molecule has 39 heavy (non-hydrogen) atoms. The molecule has 1 N–H and O–H groups in total. The van der Waals surface area contributed by atoms with E-state index in [1.165, 1.54) is 11.6 Å². The summed E-state index contributed by atoms with van der Waals surface area (Å²) in [5.74, 6) is 1.56. The summed E-state index contributed by atoms with van der Waals surface area (Å²) < 4.78 is 4.82. The number of aromatic nitrogens is 8. The van der Waals surface area contributed by atoms with Gasteiger partial charge in [-0.25, -0.2) is 9.78 Å². The van der Waals surface area contributed by atoms with E-state index < -0.39 is 0 Å². The molecule has 5 aromatic rings. The predicted octanol–water partition coefficient (Wildman–Crippen LogP) is 4.04. The number of hydrogen-bond acceptors (Lipinski definition) is 6. The number of nitrogens with zero attached hydrogens (tertiary/aromatic N) is 7. The minimum atomic E-state index is -0.335. The van der Waals surface area contributed by atoms with Gasteiger partial charge in [0.05, 0.1) is 0 Å². The maximum Gasteiger partial charge on any atom is 0.332 e. The van der Waals surface area contributed by atoms with E-state index in [1.807, 2.05) is 28.8 Å². The van der Waals surface area contributed by atoms with Gasteiger partial charge in [0.15, 0.2) is 11.2 Å². The molecule has 0 fully saturated rings. The van der Waals surface area contributed by atoms with Gasteiger partial charge in [-0.15, -0.1) is 10.2 Å². The molecular formula is C29H34N8O2. The first-order chi connectivity index (χ1) is 18.5. The van der Waals surface area contributed by atoms with E-state index in [1.54, 1.807) is 4.57 Å². The van der Waals surface area contributed by atoms with Crippen molar-refractivity contribution < 1.29 is 0 Å². The highest BCUT2D eigenvalue weighted by atomic mass is 16.2. The maximum absolute atomic E-state index is 13.4. The van der Waals surface area contributed by atoms with Crippen molar-refractivity contribution in [3.63, 3.8) is 0 Å². The molecule has 202 valence electrons. The number of hydrogen-bond donors (Lipinski definition) is 1. The number of imidazole rings is 1. The predicted molar refractivity (Wildman–Crippen MR) is 151 cm³/mol. The van der Waals surface area contributed by atoms with Crippen molar-refractivity contribution in [1.29, 1.82) is 0 Å². The van der Waals surface area contributed by atoms with E-state index in [2.05, 4.69) is 79.5 Å². The Labute approximate surface area is 226 Å². The summed E-state index contributed by atoms with van der Waals surface area (Å²) in [4.78, 5) is 31.4. The summed E-state index contributed by atoms with van der Waals surface area (Å²) in [6.45, 7) is 11.5. The molecule has 0 atom stereocenters. The van der Waals surface area contributed by atoms with Crippen molar-refractivity contribution in [1.82, 2.24) is 39.3 Å². The van der Waals surface area contributed by atoms with E-state index >= 15 is 0 Å². The third-order valence-corrected chi connectivity index (χ3v) is 6.66. The minimum Gasteiger partial charge on any atom is -0.318 e. The molecule has 0 unspecified atom stereocenters. The molecule has 10 heteroatoms. The molecule has 0 aliphatic rings. The average molecular weight is 527 g/mol. The smallest absolute Gasteiger partial charge is 0.318 e. The number of rotatable bonds is 7.